The summed E-state index contributed by atoms with van der Waals surface area (Å²) in [7, 11) is 0. The van der Waals surface area contributed by atoms with Gasteiger partial charge in [-0.3, -0.25) is 0 Å². The Bertz CT molecular complexity index is 701. The van der Waals surface area contributed by atoms with Crippen LogP contribution in [-0.4, -0.2) is 24.4 Å². The molecule has 2 N–H and O–H groups in total. The van der Waals surface area contributed by atoms with E-state index in [1.54, 1.807) is 6.08 Å². The Morgan fingerprint density at radius 2 is 1.88 bits per heavy atom. The second kappa shape index (κ2) is 9.69. The fraction of sp³-hybridized carbons (Fsp3) is 0.250. The van der Waals surface area contributed by atoms with E-state index in [1.807, 2.05) is 62.4 Å². The molecule has 0 aromatic heterocycles. The van der Waals surface area contributed by atoms with Crippen LogP contribution in [0.2, 0.25) is 0 Å². The van der Waals surface area contributed by atoms with Gasteiger partial charge < -0.3 is 20.1 Å². The lowest BCUT2D eigenvalue weighted by atomic mass is 10.2. The molecule has 0 bridgehead atoms. The highest BCUT2D eigenvalue weighted by atomic mass is 32.1. The van der Waals surface area contributed by atoms with Crippen LogP contribution in [0.5, 0.6) is 11.5 Å². The first kappa shape index (κ1) is 18.8. The van der Waals surface area contributed by atoms with Gasteiger partial charge in [0, 0.05) is 5.69 Å². The fourth-order valence-corrected chi connectivity index (χ4v) is 2.47. The number of rotatable bonds is 8. The number of hydrogen-bond acceptors (Lipinski definition) is 3. The number of ether oxygens (including phenoxy) is 2. The van der Waals surface area contributed by atoms with Crippen LogP contribution in [0.3, 0.4) is 0 Å². The minimum absolute atomic E-state index is 0.0785. The summed E-state index contributed by atoms with van der Waals surface area (Å²) in [5.74, 6) is 1.69. The van der Waals surface area contributed by atoms with Crippen molar-refractivity contribution in [3.63, 3.8) is 0 Å². The van der Waals surface area contributed by atoms with Crippen LogP contribution < -0.4 is 20.1 Å². The Balaban J connectivity index is 1.77. The summed E-state index contributed by atoms with van der Waals surface area (Å²) in [6, 6.07) is 15.7. The second-order valence-corrected chi connectivity index (χ2v) is 6.11. The second-order valence-electron chi connectivity index (χ2n) is 5.70. The standard InChI is InChI=1S/C20H24N2O2S/c1-4-13-23-18-11-9-17(10-12-18)22-20(25)21-16(3)14-24-19-8-6-5-7-15(19)2/h4-12,16H,1,13-14H2,2-3H3,(H2,21,22,25)/t16-/m1/s1. The molecule has 132 valence electrons. The van der Waals surface area contributed by atoms with Gasteiger partial charge in [-0.2, -0.15) is 0 Å². The molecule has 0 aliphatic heterocycles. The molecule has 0 unspecified atom stereocenters. The van der Waals surface area contributed by atoms with Crippen molar-refractivity contribution in [2.75, 3.05) is 18.5 Å². The number of para-hydroxylation sites is 1. The van der Waals surface area contributed by atoms with Crippen molar-refractivity contribution in [2.45, 2.75) is 19.9 Å². The first-order chi connectivity index (χ1) is 12.1. The minimum Gasteiger partial charge on any atom is -0.491 e. The molecule has 0 fully saturated rings. The number of nitrogens with one attached hydrogen (secondary N) is 2. The summed E-state index contributed by atoms with van der Waals surface area (Å²) in [5, 5.41) is 6.93. The number of aryl methyl sites for hydroxylation is 1. The first-order valence-electron chi connectivity index (χ1n) is 8.18. The molecule has 0 aliphatic rings. The van der Waals surface area contributed by atoms with E-state index in [9.17, 15) is 0 Å². The topological polar surface area (TPSA) is 42.5 Å². The van der Waals surface area contributed by atoms with Crippen LogP contribution in [0.15, 0.2) is 61.2 Å². The molecule has 0 spiro atoms. The van der Waals surface area contributed by atoms with E-state index in [-0.39, 0.29) is 6.04 Å². The summed E-state index contributed by atoms with van der Waals surface area (Å²) in [6.07, 6.45) is 1.71. The first-order valence-corrected chi connectivity index (χ1v) is 8.59. The summed E-state index contributed by atoms with van der Waals surface area (Å²) in [5.41, 5.74) is 2.02. The molecule has 0 heterocycles. The van der Waals surface area contributed by atoms with Gasteiger partial charge in [0.05, 0.1) is 6.04 Å². The molecule has 4 nitrogen and oxygen atoms in total. The summed E-state index contributed by atoms with van der Waals surface area (Å²) < 4.78 is 11.3. The Labute approximate surface area is 154 Å². The maximum atomic E-state index is 5.83. The average molecular weight is 356 g/mol. The molecule has 2 aromatic carbocycles. The van der Waals surface area contributed by atoms with E-state index in [4.69, 9.17) is 21.7 Å². The molecule has 1 atom stereocenters. The van der Waals surface area contributed by atoms with E-state index in [1.165, 1.54) is 0 Å². The van der Waals surface area contributed by atoms with E-state index >= 15 is 0 Å². The van der Waals surface area contributed by atoms with Gasteiger partial charge in [0.25, 0.3) is 0 Å². The number of benzene rings is 2. The van der Waals surface area contributed by atoms with Crippen molar-refractivity contribution in [1.29, 1.82) is 0 Å². The number of anilines is 1. The third-order valence-electron chi connectivity index (χ3n) is 3.44. The normalized spacial score (nSPS) is 11.3. The monoisotopic (exact) mass is 356 g/mol. The van der Waals surface area contributed by atoms with Crippen molar-refractivity contribution in [3.8, 4) is 11.5 Å². The number of thiocarbonyl (C=S) groups is 1. The van der Waals surface area contributed by atoms with Gasteiger partial charge in [-0.15, -0.1) is 0 Å². The van der Waals surface area contributed by atoms with Gasteiger partial charge in [0.15, 0.2) is 5.11 Å². The molecule has 0 amide bonds. The lowest BCUT2D eigenvalue weighted by molar-refractivity contribution is 0.285. The maximum Gasteiger partial charge on any atom is 0.171 e. The van der Waals surface area contributed by atoms with E-state index in [0.29, 0.717) is 18.3 Å². The lowest BCUT2D eigenvalue weighted by Gasteiger charge is -2.18. The summed E-state index contributed by atoms with van der Waals surface area (Å²) in [4.78, 5) is 0. The predicted octanol–water partition coefficient (Wildman–Crippen LogP) is 4.31. The SMILES string of the molecule is C=CCOc1ccc(NC(=S)N[C@H](C)COc2ccccc2C)cc1. The third kappa shape index (κ3) is 6.47. The Kier molecular flexibility index (Phi) is 7.29. The summed E-state index contributed by atoms with van der Waals surface area (Å²) >= 11 is 5.35. The van der Waals surface area contributed by atoms with Gasteiger partial charge in [0.1, 0.15) is 24.7 Å². The molecule has 0 saturated heterocycles. The molecule has 0 saturated carbocycles. The largest absolute Gasteiger partial charge is 0.491 e. The van der Waals surface area contributed by atoms with Gasteiger partial charge in [-0.25, -0.2) is 0 Å². The van der Waals surface area contributed by atoms with Crippen molar-refractivity contribution < 1.29 is 9.47 Å². The van der Waals surface area contributed by atoms with Crippen LogP contribution >= 0.6 is 12.2 Å². The molecule has 2 aromatic rings. The van der Waals surface area contributed by atoms with Crippen molar-refractivity contribution in [1.82, 2.24) is 5.32 Å². The zero-order valence-corrected chi connectivity index (χ0v) is 15.4. The highest BCUT2D eigenvalue weighted by Crippen LogP contribution is 2.17. The van der Waals surface area contributed by atoms with Crippen LogP contribution in [0.1, 0.15) is 12.5 Å². The summed E-state index contributed by atoms with van der Waals surface area (Å²) in [6.45, 7) is 8.70. The molecule has 25 heavy (non-hydrogen) atoms. The molecular formula is C20H24N2O2S. The van der Waals surface area contributed by atoms with Crippen molar-refractivity contribution in [3.05, 3.63) is 66.7 Å². The van der Waals surface area contributed by atoms with Crippen molar-refractivity contribution in [2.24, 2.45) is 0 Å². The van der Waals surface area contributed by atoms with Gasteiger partial charge in [-0.05, 0) is 62.0 Å². The third-order valence-corrected chi connectivity index (χ3v) is 3.66. The Hall–Kier alpha value is -2.53. The minimum atomic E-state index is 0.0785. The smallest absolute Gasteiger partial charge is 0.171 e. The Morgan fingerprint density at radius 3 is 2.56 bits per heavy atom. The molecule has 2 rings (SSSR count). The van der Waals surface area contributed by atoms with Gasteiger partial charge >= 0.3 is 0 Å². The Morgan fingerprint density at radius 1 is 1.16 bits per heavy atom. The quantitative estimate of drug-likeness (QED) is 0.545. The number of hydrogen-bond donors (Lipinski definition) is 2. The molecule has 0 aliphatic carbocycles. The highest BCUT2D eigenvalue weighted by molar-refractivity contribution is 7.80. The highest BCUT2D eigenvalue weighted by Gasteiger charge is 2.07. The average Bonchev–Trinajstić information content (AvgIpc) is 2.60. The zero-order chi connectivity index (χ0) is 18.1. The van der Waals surface area contributed by atoms with Gasteiger partial charge in [0.2, 0.25) is 0 Å². The zero-order valence-electron chi connectivity index (χ0n) is 14.6. The van der Waals surface area contributed by atoms with Gasteiger partial charge in [-0.1, -0.05) is 30.9 Å². The predicted molar refractivity (Wildman–Crippen MR) is 108 cm³/mol. The molecule has 5 heteroatoms. The molecule has 0 radical (unpaired) electrons. The fourth-order valence-electron chi connectivity index (χ4n) is 2.16. The van der Waals surface area contributed by atoms with Crippen molar-refractivity contribution >= 4 is 23.0 Å². The molecular weight excluding hydrogens is 332 g/mol. The van der Waals surface area contributed by atoms with E-state index in [0.717, 1.165) is 22.7 Å². The van der Waals surface area contributed by atoms with E-state index in [2.05, 4.69) is 17.2 Å². The maximum absolute atomic E-state index is 5.83. The van der Waals surface area contributed by atoms with Crippen LogP contribution in [-0.2, 0) is 0 Å². The van der Waals surface area contributed by atoms with Crippen LogP contribution in [0.25, 0.3) is 0 Å². The lowest BCUT2D eigenvalue weighted by Crippen LogP contribution is -2.39. The van der Waals surface area contributed by atoms with Crippen LogP contribution in [0, 0.1) is 6.92 Å². The van der Waals surface area contributed by atoms with Crippen LogP contribution in [0.4, 0.5) is 5.69 Å². The van der Waals surface area contributed by atoms with E-state index < -0.39 is 0 Å².